The molecular weight excluding hydrogens is 218 g/mol. The fraction of sp³-hybridized carbons (Fsp3) is 0.412. The zero-order chi connectivity index (χ0) is 12.5. The van der Waals surface area contributed by atoms with Gasteiger partial charge in [-0.2, -0.15) is 0 Å². The molecule has 0 bridgehead atoms. The summed E-state index contributed by atoms with van der Waals surface area (Å²) in [5.74, 6) is 0. The molecule has 2 N–H and O–H groups in total. The summed E-state index contributed by atoms with van der Waals surface area (Å²) in [5.41, 5.74) is 10.6. The van der Waals surface area contributed by atoms with E-state index in [1.54, 1.807) is 11.1 Å². The molecule has 1 nitrogen and oxygen atoms in total. The minimum atomic E-state index is 0.232. The standard InChI is InChI=1S/C17H21N/c1-12(18)10-14-11-13-6-2-3-7-15(13)17-9-5-4-8-16(14)17/h4-5,8-9,11-12H,2-3,6-7,10,18H2,1H3. The van der Waals surface area contributed by atoms with Crippen molar-refractivity contribution in [2.24, 2.45) is 5.73 Å². The lowest BCUT2D eigenvalue weighted by molar-refractivity contribution is 0.686. The van der Waals surface area contributed by atoms with Crippen LogP contribution in [0.25, 0.3) is 10.8 Å². The highest BCUT2D eigenvalue weighted by molar-refractivity contribution is 5.90. The molecule has 1 aliphatic carbocycles. The minimum absolute atomic E-state index is 0.232. The SMILES string of the molecule is CC(N)Cc1cc2c(c3ccccc13)CCCC2. The predicted molar refractivity (Wildman–Crippen MR) is 77.9 cm³/mol. The van der Waals surface area contributed by atoms with Crippen LogP contribution in [-0.2, 0) is 19.3 Å². The molecule has 94 valence electrons. The van der Waals surface area contributed by atoms with Crippen molar-refractivity contribution in [3.05, 3.63) is 47.0 Å². The average molecular weight is 239 g/mol. The van der Waals surface area contributed by atoms with Crippen LogP contribution in [0.15, 0.2) is 30.3 Å². The number of rotatable bonds is 2. The number of hydrogen-bond acceptors (Lipinski definition) is 1. The van der Waals surface area contributed by atoms with E-state index in [4.69, 9.17) is 5.73 Å². The van der Waals surface area contributed by atoms with E-state index < -0.39 is 0 Å². The maximum Gasteiger partial charge on any atom is 0.00511 e. The van der Waals surface area contributed by atoms with E-state index in [1.165, 1.54) is 42.0 Å². The third kappa shape index (κ3) is 2.04. The molecule has 1 aliphatic rings. The topological polar surface area (TPSA) is 26.0 Å². The van der Waals surface area contributed by atoms with Gasteiger partial charge in [-0.15, -0.1) is 0 Å². The second-order valence-corrected chi connectivity index (χ2v) is 5.61. The van der Waals surface area contributed by atoms with E-state index in [9.17, 15) is 0 Å². The number of hydrogen-bond donors (Lipinski definition) is 1. The van der Waals surface area contributed by atoms with Crippen LogP contribution in [0.2, 0.25) is 0 Å². The van der Waals surface area contributed by atoms with E-state index in [1.807, 2.05) is 0 Å². The van der Waals surface area contributed by atoms with Crippen molar-refractivity contribution in [3.8, 4) is 0 Å². The van der Waals surface area contributed by atoms with Crippen LogP contribution >= 0.6 is 0 Å². The highest BCUT2D eigenvalue weighted by atomic mass is 14.6. The molecule has 0 aromatic heterocycles. The maximum atomic E-state index is 5.99. The Hall–Kier alpha value is -1.34. The Kier molecular flexibility index (Phi) is 3.09. The first kappa shape index (κ1) is 11.7. The molecule has 1 atom stereocenters. The van der Waals surface area contributed by atoms with Gasteiger partial charge in [-0.3, -0.25) is 0 Å². The summed E-state index contributed by atoms with van der Waals surface area (Å²) in [6.07, 6.45) is 6.14. The summed E-state index contributed by atoms with van der Waals surface area (Å²) >= 11 is 0. The monoisotopic (exact) mass is 239 g/mol. The molecule has 0 aliphatic heterocycles. The third-order valence-corrected chi connectivity index (χ3v) is 4.00. The Morgan fingerprint density at radius 1 is 1.11 bits per heavy atom. The summed E-state index contributed by atoms with van der Waals surface area (Å²) < 4.78 is 0. The fourth-order valence-corrected chi connectivity index (χ4v) is 3.23. The molecule has 18 heavy (non-hydrogen) atoms. The van der Waals surface area contributed by atoms with Crippen LogP contribution < -0.4 is 5.73 Å². The average Bonchev–Trinajstić information content (AvgIpc) is 2.38. The second-order valence-electron chi connectivity index (χ2n) is 5.61. The van der Waals surface area contributed by atoms with Gasteiger partial charge in [0.15, 0.2) is 0 Å². The smallest absolute Gasteiger partial charge is 0.00511 e. The van der Waals surface area contributed by atoms with E-state index >= 15 is 0 Å². The first-order valence-corrected chi connectivity index (χ1v) is 7.03. The van der Waals surface area contributed by atoms with Crippen molar-refractivity contribution in [3.63, 3.8) is 0 Å². The van der Waals surface area contributed by atoms with E-state index in [-0.39, 0.29) is 6.04 Å². The fourth-order valence-electron chi connectivity index (χ4n) is 3.23. The Labute approximate surface area is 109 Å². The minimum Gasteiger partial charge on any atom is -0.328 e. The summed E-state index contributed by atoms with van der Waals surface area (Å²) in [6.45, 7) is 2.09. The lowest BCUT2D eigenvalue weighted by Crippen LogP contribution is -2.18. The van der Waals surface area contributed by atoms with E-state index in [2.05, 4.69) is 37.3 Å². The Morgan fingerprint density at radius 2 is 1.83 bits per heavy atom. The normalized spacial score (nSPS) is 16.6. The zero-order valence-electron chi connectivity index (χ0n) is 11.1. The number of benzene rings is 2. The van der Waals surface area contributed by atoms with Gasteiger partial charge in [-0.1, -0.05) is 30.3 Å². The highest BCUT2D eigenvalue weighted by Gasteiger charge is 2.15. The molecule has 0 saturated carbocycles. The number of aryl methyl sites for hydroxylation is 2. The summed E-state index contributed by atoms with van der Waals surface area (Å²) in [4.78, 5) is 0. The van der Waals surface area contributed by atoms with Gasteiger partial charge < -0.3 is 5.73 Å². The summed E-state index contributed by atoms with van der Waals surface area (Å²) in [6, 6.07) is 11.5. The molecule has 1 unspecified atom stereocenters. The Balaban J connectivity index is 2.23. The van der Waals surface area contributed by atoms with Crippen molar-refractivity contribution in [2.75, 3.05) is 0 Å². The van der Waals surface area contributed by atoms with Gasteiger partial charge in [0.05, 0.1) is 0 Å². The summed E-state index contributed by atoms with van der Waals surface area (Å²) in [5, 5.41) is 2.88. The Bertz CT molecular complexity index is 569. The van der Waals surface area contributed by atoms with Crippen molar-refractivity contribution in [1.82, 2.24) is 0 Å². The molecule has 2 aromatic carbocycles. The molecule has 0 amide bonds. The third-order valence-electron chi connectivity index (χ3n) is 4.00. The van der Waals surface area contributed by atoms with Gasteiger partial charge in [-0.25, -0.2) is 0 Å². The molecule has 1 heteroatoms. The van der Waals surface area contributed by atoms with Gasteiger partial charge in [0.1, 0.15) is 0 Å². The quantitative estimate of drug-likeness (QED) is 0.851. The van der Waals surface area contributed by atoms with Crippen LogP contribution in [0.5, 0.6) is 0 Å². The van der Waals surface area contributed by atoms with Crippen LogP contribution in [0.3, 0.4) is 0 Å². The second kappa shape index (κ2) is 4.74. The molecule has 2 aromatic rings. The lowest BCUT2D eigenvalue weighted by atomic mass is 9.84. The van der Waals surface area contributed by atoms with Crippen molar-refractivity contribution < 1.29 is 0 Å². The van der Waals surface area contributed by atoms with Gasteiger partial charge in [0.2, 0.25) is 0 Å². The molecular formula is C17H21N. The van der Waals surface area contributed by atoms with Gasteiger partial charge in [0.25, 0.3) is 0 Å². The maximum absolute atomic E-state index is 5.99. The van der Waals surface area contributed by atoms with Crippen LogP contribution in [-0.4, -0.2) is 6.04 Å². The molecule has 0 spiro atoms. The van der Waals surface area contributed by atoms with Gasteiger partial charge in [0, 0.05) is 6.04 Å². The number of fused-ring (bicyclic) bond motifs is 3. The zero-order valence-corrected chi connectivity index (χ0v) is 11.1. The van der Waals surface area contributed by atoms with Crippen molar-refractivity contribution in [2.45, 2.75) is 45.1 Å². The highest BCUT2D eigenvalue weighted by Crippen LogP contribution is 2.32. The van der Waals surface area contributed by atoms with Crippen LogP contribution in [0.4, 0.5) is 0 Å². The first-order chi connectivity index (χ1) is 8.75. The number of nitrogens with two attached hydrogens (primary N) is 1. The lowest BCUT2D eigenvalue weighted by Gasteiger charge is -2.21. The molecule has 0 fully saturated rings. The van der Waals surface area contributed by atoms with Crippen molar-refractivity contribution in [1.29, 1.82) is 0 Å². The molecule has 0 radical (unpaired) electrons. The first-order valence-electron chi connectivity index (χ1n) is 7.03. The van der Waals surface area contributed by atoms with E-state index in [0.29, 0.717) is 0 Å². The van der Waals surface area contributed by atoms with Gasteiger partial charge in [-0.05, 0) is 66.5 Å². The molecule has 0 heterocycles. The molecule has 0 saturated heterocycles. The van der Waals surface area contributed by atoms with Crippen molar-refractivity contribution >= 4 is 10.8 Å². The predicted octanol–water partition coefficient (Wildman–Crippen LogP) is 3.61. The molecule has 3 rings (SSSR count). The Morgan fingerprint density at radius 3 is 2.61 bits per heavy atom. The van der Waals surface area contributed by atoms with Gasteiger partial charge >= 0.3 is 0 Å². The largest absolute Gasteiger partial charge is 0.328 e. The van der Waals surface area contributed by atoms with Crippen LogP contribution in [0.1, 0.15) is 36.5 Å². The summed E-state index contributed by atoms with van der Waals surface area (Å²) in [7, 11) is 0. The van der Waals surface area contributed by atoms with E-state index in [0.717, 1.165) is 6.42 Å². The van der Waals surface area contributed by atoms with Crippen LogP contribution in [0, 0.1) is 0 Å².